The van der Waals surface area contributed by atoms with Crippen molar-refractivity contribution in [1.29, 1.82) is 5.26 Å². The minimum atomic E-state index is -1.89. The van der Waals surface area contributed by atoms with Crippen LogP contribution in [0, 0.1) is 11.3 Å². The lowest BCUT2D eigenvalue weighted by Crippen LogP contribution is -2.43. The van der Waals surface area contributed by atoms with Crippen molar-refractivity contribution in [2.24, 2.45) is 0 Å². The number of nitrogen functional groups attached to an aromatic ring is 1. The van der Waals surface area contributed by atoms with Crippen LogP contribution in [0.25, 0.3) is 11.2 Å². The Morgan fingerprint density at radius 3 is 2.09 bits per heavy atom. The van der Waals surface area contributed by atoms with E-state index in [9.17, 15) is 14.9 Å². The summed E-state index contributed by atoms with van der Waals surface area (Å²) in [5.41, 5.74) is 8.12. The molecule has 18 heteroatoms. The van der Waals surface area contributed by atoms with Gasteiger partial charge in [-0.15, -0.1) is 0 Å². The summed E-state index contributed by atoms with van der Waals surface area (Å²) in [5, 5.41) is 9.51. The van der Waals surface area contributed by atoms with E-state index in [1.807, 2.05) is 107 Å². The summed E-state index contributed by atoms with van der Waals surface area (Å²) in [5.74, 6) is 0.735. The average Bonchev–Trinajstić information content (AvgIpc) is 3.88. The zero-order chi connectivity index (χ0) is 45.8. The lowest BCUT2D eigenvalue weighted by atomic mass is 9.80. The third-order valence-electron chi connectivity index (χ3n) is 10.6. The molecule has 6 rings (SSSR count). The van der Waals surface area contributed by atoms with E-state index < -0.39 is 51.4 Å². The fraction of sp³-hybridized carbons (Fsp3) is 0.435. The monoisotopic (exact) mass is 897 g/mol. The molecule has 1 saturated heterocycles. The second-order valence-electron chi connectivity index (χ2n) is 15.5. The Bertz CT molecular complexity index is 2270. The molecule has 5 atom stereocenters. The van der Waals surface area contributed by atoms with E-state index in [-0.39, 0.29) is 56.2 Å². The third kappa shape index (κ3) is 11.0. The molecule has 1 aliphatic rings. The number of fused-ring (bicyclic) bond motifs is 1. The predicted octanol–water partition coefficient (Wildman–Crippen LogP) is 7.25. The molecule has 3 heterocycles. The van der Waals surface area contributed by atoms with E-state index in [1.54, 1.807) is 18.8 Å². The van der Waals surface area contributed by atoms with Crippen LogP contribution < -0.4 is 15.2 Å². The number of carbonyl (C=O) groups excluding carboxylic acids is 2. The minimum Gasteiger partial charge on any atom is -0.497 e. The number of nitriles is 1. The third-order valence-corrected chi connectivity index (χ3v) is 12.7. The van der Waals surface area contributed by atoms with E-state index in [2.05, 4.69) is 25.7 Å². The highest BCUT2D eigenvalue weighted by molar-refractivity contribution is 7.44. The summed E-state index contributed by atoms with van der Waals surface area (Å²) in [6.07, 6.45) is -1.03. The lowest BCUT2D eigenvalue weighted by Gasteiger charge is -2.39. The van der Waals surface area contributed by atoms with E-state index in [4.69, 9.17) is 43.2 Å². The van der Waals surface area contributed by atoms with E-state index >= 15 is 0 Å². The number of methoxy groups -OCH3 is 2. The summed E-state index contributed by atoms with van der Waals surface area (Å²) in [4.78, 5) is 37.6. The van der Waals surface area contributed by atoms with E-state index in [0.29, 0.717) is 22.7 Å². The summed E-state index contributed by atoms with van der Waals surface area (Å²) in [6, 6.07) is 27.3. The Morgan fingerprint density at radius 1 is 0.891 bits per heavy atom. The van der Waals surface area contributed by atoms with Gasteiger partial charge in [-0.25, -0.2) is 19.6 Å². The SMILES string of the molecule is COc1ccc(C(OC[C@H]2O[C@@H](n3cnc4c(N)ncnc43)[C@H](OCOC(=O)CCC(C)=O)[C@@H]2OP(OCCC#N)N(C(C)C)C(C)C)(c2ccccc2)c2ccc(OC)cc2)cc1. The van der Waals surface area contributed by atoms with E-state index in [0.717, 1.165) is 16.7 Å². The molecular weight excluding hydrogens is 842 g/mol. The summed E-state index contributed by atoms with van der Waals surface area (Å²) < 4.78 is 54.9. The Balaban J connectivity index is 1.50. The van der Waals surface area contributed by atoms with Crippen LogP contribution in [0.2, 0.25) is 0 Å². The Kier molecular flexibility index (Phi) is 16.7. The highest BCUT2D eigenvalue weighted by Crippen LogP contribution is 2.51. The first-order valence-corrected chi connectivity index (χ1v) is 22.1. The number of hydrogen-bond donors (Lipinski definition) is 1. The van der Waals surface area contributed by atoms with Crippen LogP contribution in [-0.2, 0) is 43.2 Å². The molecule has 1 fully saturated rings. The molecule has 17 nitrogen and oxygen atoms in total. The van der Waals surface area contributed by atoms with E-state index in [1.165, 1.54) is 19.6 Å². The number of carbonyl (C=O) groups is 2. The number of hydrogen-bond acceptors (Lipinski definition) is 16. The molecule has 2 aromatic heterocycles. The van der Waals surface area contributed by atoms with Crippen molar-refractivity contribution in [1.82, 2.24) is 24.2 Å². The quantitative estimate of drug-likeness (QED) is 0.0225. The largest absolute Gasteiger partial charge is 0.497 e. The van der Waals surface area contributed by atoms with Crippen molar-refractivity contribution in [3.63, 3.8) is 0 Å². The molecule has 64 heavy (non-hydrogen) atoms. The molecule has 340 valence electrons. The van der Waals surface area contributed by atoms with Crippen LogP contribution in [0.4, 0.5) is 5.82 Å². The topological polar surface area (TPSA) is 205 Å². The standard InChI is InChI=1S/C46H56N7O10P/c1-30(2)53(31(3)4)64(61-25-11-24-47)63-41-38(62-45(42(41)59-29-58-39(55)23-14-32(5)54)52-28-51-40-43(48)49-27-50-44(40)52)26-60-46(33-12-9-8-10-13-33,34-15-19-36(56-6)20-16-34)35-17-21-37(57-7)22-18-35/h8-10,12-13,15-22,27-28,30-31,38,41-42,45H,11,14,23,25-26,29H2,1-7H3,(H2,48,49,50)/t38-,41-,42-,45-,64?/m1/s1. The average molecular weight is 898 g/mol. The molecule has 1 aliphatic heterocycles. The lowest BCUT2D eigenvalue weighted by molar-refractivity contribution is -0.170. The minimum absolute atomic E-state index is 0.0252. The van der Waals surface area contributed by atoms with Gasteiger partial charge >= 0.3 is 5.97 Å². The van der Waals surface area contributed by atoms with Gasteiger partial charge < -0.3 is 48.0 Å². The summed E-state index contributed by atoms with van der Waals surface area (Å²) in [6.45, 7) is 9.05. The molecule has 0 amide bonds. The first-order valence-electron chi connectivity index (χ1n) is 21.0. The van der Waals surface area contributed by atoms with Crippen molar-refractivity contribution in [2.75, 3.05) is 40.0 Å². The first kappa shape index (κ1) is 47.9. The van der Waals surface area contributed by atoms with Gasteiger partial charge in [0.1, 0.15) is 53.0 Å². The summed E-state index contributed by atoms with van der Waals surface area (Å²) >= 11 is 0. The van der Waals surface area contributed by atoms with Gasteiger partial charge in [0.15, 0.2) is 24.5 Å². The molecule has 0 radical (unpaired) electrons. The van der Waals surface area contributed by atoms with Crippen LogP contribution in [0.1, 0.15) is 76.8 Å². The Morgan fingerprint density at radius 2 is 1.52 bits per heavy atom. The van der Waals surface area contributed by atoms with Gasteiger partial charge in [0, 0.05) is 18.5 Å². The van der Waals surface area contributed by atoms with Gasteiger partial charge in [0.2, 0.25) is 0 Å². The maximum Gasteiger partial charge on any atom is 0.308 e. The number of ether oxygens (including phenoxy) is 6. The molecule has 5 aromatic rings. The second kappa shape index (κ2) is 22.4. The van der Waals surface area contributed by atoms with Gasteiger partial charge in [0.25, 0.3) is 8.53 Å². The van der Waals surface area contributed by atoms with Gasteiger partial charge in [-0.05, 0) is 75.6 Å². The number of rotatable bonds is 23. The Hall–Kier alpha value is -5.57. The molecule has 0 saturated carbocycles. The number of Topliss-reactive ketones (excluding diaryl/α,β-unsaturated/α-hetero) is 1. The van der Waals surface area contributed by atoms with Crippen molar-refractivity contribution in [2.45, 2.75) is 96.1 Å². The zero-order valence-electron chi connectivity index (χ0n) is 37.2. The number of nitrogens with two attached hydrogens (primary N) is 1. The maximum absolute atomic E-state index is 12.8. The van der Waals surface area contributed by atoms with Crippen molar-refractivity contribution in [3.05, 3.63) is 108 Å². The van der Waals surface area contributed by atoms with Crippen LogP contribution in [-0.4, -0.2) is 101 Å². The van der Waals surface area contributed by atoms with Gasteiger partial charge in [-0.3, -0.25) is 9.36 Å². The highest BCUT2D eigenvalue weighted by atomic mass is 31.2. The van der Waals surface area contributed by atoms with Gasteiger partial charge in [-0.2, -0.15) is 5.26 Å². The summed E-state index contributed by atoms with van der Waals surface area (Å²) in [7, 11) is 1.33. The number of anilines is 1. The van der Waals surface area contributed by atoms with Crippen molar-refractivity contribution >= 4 is 37.3 Å². The normalized spacial score (nSPS) is 18.1. The number of benzene rings is 3. The Labute approximate surface area is 374 Å². The fourth-order valence-corrected chi connectivity index (χ4v) is 9.40. The molecular formula is C46H56N7O10P. The second-order valence-corrected chi connectivity index (χ2v) is 17.0. The number of ketones is 1. The molecule has 0 bridgehead atoms. The highest BCUT2D eigenvalue weighted by Gasteiger charge is 2.52. The predicted molar refractivity (Wildman–Crippen MR) is 238 cm³/mol. The van der Waals surface area contributed by atoms with Crippen molar-refractivity contribution in [3.8, 4) is 17.6 Å². The molecule has 1 unspecified atom stereocenters. The molecule has 0 spiro atoms. The van der Waals surface area contributed by atoms with Crippen LogP contribution in [0.3, 0.4) is 0 Å². The number of esters is 1. The smallest absolute Gasteiger partial charge is 0.308 e. The number of nitrogens with zero attached hydrogens (tertiary/aromatic N) is 6. The molecule has 3 aromatic carbocycles. The number of aromatic nitrogens is 4. The number of imidazole rings is 1. The molecule has 2 N–H and O–H groups in total. The van der Waals surface area contributed by atoms with Crippen LogP contribution >= 0.6 is 8.53 Å². The van der Waals surface area contributed by atoms with Gasteiger partial charge in [-0.1, -0.05) is 54.6 Å². The fourth-order valence-electron chi connectivity index (χ4n) is 7.64. The first-order chi connectivity index (χ1) is 30.9. The van der Waals surface area contributed by atoms with Gasteiger partial charge in [0.05, 0.1) is 52.7 Å². The molecule has 0 aliphatic carbocycles. The zero-order valence-corrected chi connectivity index (χ0v) is 38.1. The van der Waals surface area contributed by atoms with Crippen molar-refractivity contribution < 1.29 is 47.1 Å². The maximum atomic E-state index is 12.8. The van der Waals surface area contributed by atoms with Crippen LogP contribution in [0.5, 0.6) is 11.5 Å². The van der Waals surface area contributed by atoms with Crippen LogP contribution in [0.15, 0.2) is 91.5 Å².